The third-order valence-electron chi connectivity index (χ3n) is 6.06. The molecule has 6 heteroatoms. The number of rotatable bonds is 5. The highest BCUT2D eigenvalue weighted by Gasteiger charge is 2.29. The Kier molecular flexibility index (Phi) is 5.08. The van der Waals surface area contributed by atoms with Crippen molar-refractivity contribution in [1.82, 2.24) is 20.0 Å². The van der Waals surface area contributed by atoms with Crippen LogP contribution < -0.4 is 5.32 Å². The van der Waals surface area contributed by atoms with Gasteiger partial charge in [-0.2, -0.15) is 5.10 Å². The van der Waals surface area contributed by atoms with Crippen LogP contribution in [0.3, 0.4) is 0 Å². The van der Waals surface area contributed by atoms with Crippen molar-refractivity contribution in [2.75, 3.05) is 19.7 Å². The Balaban J connectivity index is 1.31. The van der Waals surface area contributed by atoms with Crippen molar-refractivity contribution in [1.29, 1.82) is 0 Å². The van der Waals surface area contributed by atoms with E-state index in [0.29, 0.717) is 18.6 Å². The van der Waals surface area contributed by atoms with Crippen LogP contribution in [0.15, 0.2) is 0 Å². The lowest BCUT2D eigenvalue weighted by atomic mass is 9.84. The number of hydrogen-bond donors (Lipinski definition) is 1. The van der Waals surface area contributed by atoms with E-state index < -0.39 is 0 Å². The minimum Gasteiger partial charge on any atom is -0.376 e. The Labute approximate surface area is 149 Å². The van der Waals surface area contributed by atoms with Gasteiger partial charge in [0.15, 0.2) is 0 Å². The van der Waals surface area contributed by atoms with Crippen LogP contribution in [0.25, 0.3) is 0 Å². The molecule has 0 spiro atoms. The van der Waals surface area contributed by atoms with Gasteiger partial charge in [0.2, 0.25) is 5.91 Å². The Hall–Kier alpha value is -1.40. The molecule has 1 amide bonds. The Morgan fingerprint density at radius 1 is 1.28 bits per heavy atom. The third kappa shape index (κ3) is 3.60. The minimum absolute atomic E-state index is 0.289. The molecule has 4 rings (SSSR count). The van der Waals surface area contributed by atoms with Crippen LogP contribution in [0.5, 0.6) is 0 Å². The molecule has 0 aromatic carbocycles. The predicted molar refractivity (Wildman–Crippen MR) is 95.0 cm³/mol. The number of piperidine rings is 1. The highest BCUT2D eigenvalue weighted by atomic mass is 16.5. The standard InChI is InChI=1S/C19H30N4O2/c1-2-23-18-8-11-25-13-16(18)17(21-23)12-22-9-6-15(7-10-22)20-19(24)14-4-3-5-14/h14-15H,2-13H2,1H3,(H,20,24). The number of nitrogens with one attached hydrogen (secondary N) is 1. The first-order chi connectivity index (χ1) is 12.2. The van der Waals surface area contributed by atoms with Crippen LogP contribution in [0, 0.1) is 5.92 Å². The number of amides is 1. The number of fused-ring (bicyclic) bond motifs is 1. The lowest BCUT2D eigenvalue weighted by molar-refractivity contribution is -0.128. The zero-order valence-corrected chi connectivity index (χ0v) is 15.3. The van der Waals surface area contributed by atoms with E-state index in [1.54, 1.807) is 0 Å². The summed E-state index contributed by atoms with van der Waals surface area (Å²) in [6, 6.07) is 0.356. The summed E-state index contributed by atoms with van der Waals surface area (Å²) in [4.78, 5) is 14.6. The SMILES string of the molecule is CCn1nc(CN2CCC(NC(=O)C3CCC3)CC2)c2c1CCOC2. The van der Waals surface area contributed by atoms with Crippen molar-refractivity contribution < 1.29 is 9.53 Å². The highest BCUT2D eigenvalue weighted by molar-refractivity contribution is 5.79. The van der Waals surface area contributed by atoms with Crippen LogP contribution in [-0.2, 0) is 35.6 Å². The summed E-state index contributed by atoms with van der Waals surface area (Å²) in [5, 5.41) is 8.10. The van der Waals surface area contributed by atoms with Crippen molar-refractivity contribution in [3.8, 4) is 0 Å². The van der Waals surface area contributed by atoms with Crippen molar-refractivity contribution in [2.45, 2.75) is 71.2 Å². The molecule has 0 unspecified atom stereocenters. The van der Waals surface area contributed by atoms with E-state index in [-0.39, 0.29) is 5.91 Å². The molecule has 3 aliphatic rings. The van der Waals surface area contributed by atoms with E-state index in [1.165, 1.54) is 23.4 Å². The van der Waals surface area contributed by atoms with E-state index in [4.69, 9.17) is 9.84 Å². The number of hydrogen-bond acceptors (Lipinski definition) is 4. The lowest BCUT2D eigenvalue weighted by Gasteiger charge is -2.34. The average molecular weight is 346 g/mol. The van der Waals surface area contributed by atoms with Gasteiger partial charge in [-0.3, -0.25) is 14.4 Å². The van der Waals surface area contributed by atoms with Crippen molar-refractivity contribution >= 4 is 5.91 Å². The topological polar surface area (TPSA) is 59.4 Å². The van der Waals surface area contributed by atoms with Crippen LogP contribution in [-0.4, -0.2) is 46.3 Å². The second-order valence-electron chi connectivity index (χ2n) is 7.68. The number of carbonyl (C=O) groups excluding carboxylic acids is 1. The van der Waals surface area contributed by atoms with E-state index in [0.717, 1.165) is 64.9 Å². The molecule has 2 aliphatic heterocycles. The molecule has 0 atom stereocenters. The lowest BCUT2D eigenvalue weighted by Crippen LogP contribution is -2.47. The van der Waals surface area contributed by atoms with Gasteiger partial charge in [-0.05, 0) is 32.6 Å². The second-order valence-corrected chi connectivity index (χ2v) is 7.68. The summed E-state index contributed by atoms with van der Waals surface area (Å²) in [5.74, 6) is 0.583. The molecule has 1 aromatic heterocycles. The fourth-order valence-corrected chi connectivity index (χ4v) is 4.20. The first kappa shape index (κ1) is 17.0. The molecule has 2 fully saturated rings. The van der Waals surface area contributed by atoms with Gasteiger partial charge < -0.3 is 10.1 Å². The molecule has 1 N–H and O–H groups in total. The number of aromatic nitrogens is 2. The number of nitrogens with zero attached hydrogens (tertiary/aromatic N) is 3. The van der Waals surface area contributed by atoms with Crippen molar-refractivity contribution in [3.05, 3.63) is 17.0 Å². The number of carbonyl (C=O) groups is 1. The summed E-state index contributed by atoms with van der Waals surface area (Å²) < 4.78 is 7.82. The van der Waals surface area contributed by atoms with Gasteiger partial charge in [-0.15, -0.1) is 0 Å². The van der Waals surface area contributed by atoms with Crippen LogP contribution in [0.1, 0.15) is 56.0 Å². The Bertz CT molecular complexity index is 615. The van der Waals surface area contributed by atoms with Gasteiger partial charge in [-0.25, -0.2) is 0 Å². The normalized spacial score (nSPS) is 22.4. The van der Waals surface area contributed by atoms with Gasteiger partial charge in [-0.1, -0.05) is 6.42 Å². The molecule has 1 aliphatic carbocycles. The molecule has 138 valence electrons. The van der Waals surface area contributed by atoms with Crippen LogP contribution in [0.4, 0.5) is 0 Å². The monoisotopic (exact) mass is 346 g/mol. The first-order valence-corrected chi connectivity index (χ1v) is 9.92. The molecule has 1 aromatic rings. The maximum absolute atomic E-state index is 12.1. The highest BCUT2D eigenvalue weighted by Crippen LogP contribution is 2.27. The first-order valence-electron chi connectivity index (χ1n) is 9.92. The summed E-state index contributed by atoms with van der Waals surface area (Å²) in [6.07, 6.45) is 6.45. The molecule has 6 nitrogen and oxygen atoms in total. The van der Waals surface area contributed by atoms with E-state index in [2.05, 4.69) is 21.8 Å². The van der Waals surface area contributed by atoms with Crippen molar-refractivity contribution in [2.24, 2.45) is 5.92 Å². The Morgan fingerprint density at radius 3 is 2.76 bits per heavy atom. The molecule has 0 radical (unpaired) electrons. The molecule has 1 saturated carbocycles. The average Bonchev–Trinajstić information content (AvgIpc) is 2.93. The molecule has 1 saturated heterocycles. The zero-order chi connectivity index (χ0) is 17.2. The quantitative estimate of drug-likeness (QED) is 0.884. The van der Waals surface area contributed by atoms with Gasteiger partial charge in [0.1, 0.15) is 0 Å². The fourth-order valence-electron chi connectivity index (χ4n) is 4.20. The summed E-state index contributed by atoms with van der Waals surface area (Å²) >= 11 is 0. The van der Waals surface area contributed by atoms with Gasteiger partial charge >= 0.3 is 0 Å². The van der Waals surface area contributed by atoms with Gasteiger partial charge in [0.25, 0.3) is 0 Å². The van der Waals surface area contributed by atoms with E-state index in [9.17, 15) is 4.79 Å². The molecule has 3 heterocycles. The van der Waals surface area contributed by atoms with Gasteiger partial charge in [0, 0.05) is 55.8 Å². The van der Waals surface area contributed by atoms with E-state index >= 15 is 0 Å². The van der Waals surface area contributed by atoms with Gasteiger partial charge in [0.05, 0.1) is 18.9 Å². The number of ether oxygens (including phenoxy) is 1. The zero-order valence-electron chi connectivity index (χ0n) is 15.3. The summed E-state index contributed by atoms with van der Waals surface area (Å²) in [5.41, 5.74) is 3.87. The predicted octanol–water partition coefficient (Wildman–Crippen LogP) is 1.86. The number of likely N-dealkylation sites (tertiary alicyclic amines) is 1. The third-order valence-corrected chi connectivity index (χ3v) is 6.06. The maximum atomic E-state index is 12.1. The largest absolute Gasteiger partial charge is 0.376 e. The van der Waals surface area contributed by atoms with Crippen LogP contribution in [0.2, 0.25) is 0 Å². The fraction of sp³-hybridized carbons (Fsp3) is 0.789. The summed E-state index contributed by atoms with van der Waals surface area (Å²) in [7, 11) is 0. The smallest absolute Gasteiger partial charge is 0.223 e. The molecular formula is C19H30N4O2. The second kappa shape index (κ2) is 7.46. The minimum atomic E-state index is 0.289. The summed E-state index contributed by atoms with van der Waals surface area (Å²) in [6.45, 7) is 7.57. The molecule has 0 bridgehead atoms. The van der Waals surface area contributed by atoms with E-state index in [1.807, 2.05) is 0 Å². The number of aryl methyl sites for hydroxylation is 1. The molecular weight excluding hydrogens is 316 g/mol. The van der Waals surface area contributed by atoms with Crippen LogP contribution >= 0.6 is 0 Å². The van der Waals surface area contributed by atoms with Crippen molar-refractivity contribution in [3.63, 3.8) is 0 Å². The molecule has 25 heavy (non-hydrogen) atoms. The maximum Gasteiger partial charge on any atom is 0.223 e. The Morgan fingerprint density at radius 2 is 2.08 bits per heavy atom.